The Morgan fingerprint density at radius 2 is 1.81 bits per heavy atom. The standard InChI is InChI=1S/C21H20ClNO2S/c1-13-5-4-6-14(2)20(13)23-21(24)19-10-16(12-26-19)11-25-18-8-7-17(22)9-15(18)3/h4-10,12H,11H2,1-3H3,(H,23,24). The molecule has 26 heavy (non-hydrogen) atoms. The number of amides is 1. The maximum Gasteiger partial charge on any atom is 0.265 e. The molecule has 0 aliphatic carbocycles. The van der Waals surface area contributed by atoms with Crippen LogP contribution in [0, 0.1) is 20.8 Å². The summed E-state index contributed by atoms with van der Waals surface area (Å²) in [5.41, 5.74) is 4.94. The minimum Gasteiger partial charge on any atom is -0.489 e. The van der Waals surface area contributed by atoms with Crippen LogP contribution in [0.4, 0.5) is 5.69 Å². The van der Waals surface area contributed by atoms with Crippen molar-refractivity contribution in [3.63, 3.8) is 0 Å². The van der Waals surface area contributed by atoms with Gasteiger partial charge in [0.05, 0.1) is 4.88 Å². The maximum absolute atomic E-state index is 12.5. The van der Waals surface area contributed by atoms with Crippen molar-refractivity contribution in [1.82, 2.24) is 0 Å². The van der Waals surface area contributed by atoms with Gasteiger partial charge in [-0.3, -0.25) is 4.79 Å². The zero-order chi connectivity index (χ0) is 18.7. The van der Waals surface area contributed by atoms with Crippen molar-refractivity contribution in [3.8, 4) is 5.75 Å². The first kappa shape index (κ1) is 18.5. The van der Waals surface area contributed by atoms with E-state index < -0.39 is 0 Å². The number of thiophene rings is 1. The molecule has 0 saturated heterocycles. The Bertz CT molecular complexity index is 929. The van der Waals surface area contributed by atoms with Crippen LogP contribution in [0.15, 0.2) is 47.8 Å². The average molecular weight is 386 g/mol. The Morgan fingerprint density at radius 1 is 1.08 bits per heavy atom. The van der Waals surface area contributed by atoms with Crippen LogP contribution in [0.1, 0.15) is 31.9 Å². The van der Waals surface area contributed by atoms with E-state index in [1.807, 2.05) is 62.5 Å². The Kier molecular flexibility index (Phi) is 5.64. The van der Waals surface area contributed by atoms with Crippen LogP contribution >= 0.6 is 22.9 Å². The van der Waals surface area contributed by atoms with Gasteiger partial charge in [0.25, 0.3) is 5.91 Å². The molecule has 1 heterocycles. The number of aryl methyl sites for hydroxylation is 3. The molecule has 3 aromatic rings. The largest absolute Gasteiger partial charge is 0.489 e. The summed E-state index contributed by atoms with van der Waals surface area (Å²) in [4.78, 5) is 13.2. The molecule has 0 fully saturated rings. The van der Waals surface area contributed by atoms with Crippen LogP contribution in [0.25, 0.3) is 0 Å². The molecule has 0 unspecified atom stereocenters. The number of rotatable bonds is 5. The van der Waals surface area contributed by atoms with Gasteiger partial charge in [0.2, 0.25) is 0 Å². The maximum atomic E-state index is 12.5. The highest BCUT2D eigenvalue weighted by molar-refractivity contribution is 7.12. The molecule has 0 aliphatic rings. The minimum atomic E-state index is -0.0960. The Labute approximate surface area is 162 Å². The number of benzene rings is 2. The zero-order valence-corrected chi connectivity index (χ0v) is 16.5. The molecule has 3 nitrogen and oxygen atoms in total. The summed E-state index contributed by atoms with van der Waals surface area (Å²) in [6, 6.07) is 13.4. The van der Waals surface area contributed by atoms with E-state index in [9.17, 15) is 4.79 Å². The number of carbonyl (C=O) groups excluding carboxylic acids is 1. The first-order valence-electron chi connectivity index (χ1n) is 8.28. The third kappa shape index (κ3) is 4.26. The molecule has 1 amide bonds. The summed E-state index contributed by atoms with van der Waals surface area (Å²) >= 11 is 7.38. The van der Waals surface area contributed by atoms with Gasteiger partial charge in [-0.25, -0.2) is 0 Å². The van der Waals surface area contributed by atoms with Crippen molar-refractivity contribution in [3.05, 3.63) is 80.0 Å². The molecule has 0 atom stereocenters. The van der Waals surface area contributed by atoms with Crippen LogP contribution in [0.3, 0.4) is 0 Å². The smallest absolute Gasteiger partial charge is 0.265 e. The first-order valence-corrected chi connectivity index (χ1v) is 9.53. The molecule has 0 aliphatic heterocycles. The van der Waals surface area contributed by atoms with Crippen molar-refractivity contribution < 1.29 is 9.53 Å². The molecule has 0 saturated carbocycles. The van der Waals surface area contributed by atoms with Gasteiger partial charge in [-0.1, -0.05) is 29.8 Å². The fourth-order valence-corrected chi connectivity index (χ4v) is 3.71. The Morgan fingerprint density at radius 3 is 2.50 bits per heavy atom. The number of ether oxygens (including phenoxy) is 1. The van der Waals surface area contributed by atoms with E-state index in [0.717, 1.165) is 33.7 Å². The van der Waals surface area contributed by atoms with Gasteiger partial charge in [0, 0.05) is 16.3 Å². The lowest BCUT2D eigenvalue weighted by Gasteiger charge is -2.10. The second kappa shape index (κ2) is 7.94. The van der Waals surface area contributed by atoms with Crippen LogP contribution in [0.5, 0.6) is 5.75 Å². The fourth-order valence-electron chi connectivity index (χ4n) is 2.69. The molecular weight excluding hydrogens is 366 g/mol. The van der Waals surface area contributed by atoms with E-state index in [4.69, 9.17) is 16.3 Å². The zero-order valence-electron chi connectivity index (χ0n) is 14.9. The summed E-state index contributed by atoms with van der Waals surface area (Å²) in [6.45, 7) is 6.35. The number of hydrogen-bond acceptors (Lipinski definition) is 3. The van der Waals surface area contributed by atoms with Gasteiger partial charge in [-0.05, 0) is 67.1 Å². The summed E-state index contributed by atoms with van der Waals surface area (Å²) in [5.74, 6) is 0.698. The highest BCUT2D eigenvalue weighted by atomic mass is 35.5. The van der Waals surface area contributed by atoms with E-state index in [-0.39, 0.29) is 5.91 Å². The van der Waals surface area contributed by atoms with Crippen molar-refractivity contribution >= 4 is 34.5 Å². The molecule has 5 heteroatoms. The van der Waals surface area contributed by atoms with Crippen molar-refractivity contribution in [2.75, 3.05) is 5.32 Å². The van der Waals surface area contributed by atoms with Crippen molar-refractivity contribution in [1.29, 1.82) is 0 Å². The quantitative estimate of drug-likeness (QED) is 0.571. The van der Waals surface area contributed by atoms with Crippen LogP contribution in [-0.4, -0.2) is 5.91 Å². The van der Waals surface area contributed by atoms with Gasteiger partial charge in [0.1, 0.15) is 12.4 Å². The highest BCUT2D eigenvalue weighted by Crippen LogP contribution is 2.25. The predicted molar refractivity (Wildman–Crippen MR) is 109 cm³/mol. The van der Waals surface area contributed by atoms with E-state index >= 15 is 0 Å². The van der Waals surface area contributed by atoms with E-state index in [1.165, 1.54) is 11.3 Å². The summed E-state index contributed by atoms with van der Waals surface area (Å²) in [7, 11) is 0. The van der Waals surface area contributed by atoms with E-state index in [1.54, 1.807) is 6.07 Å². The lowest BCUT2D eigenvalue weighted by Crippen LogP contribution is -2.12. The molecule has 0 radical (unpaired) electrons. The normalized spacial score (nSPS) is 10.6. The average Bonchev–Trinajstić information content (AvgIpc) is 3.06. The highest BCUT2D eigenvalue weighted by Gasteiger charge is 2.12. The lowest BCUT2D eigenvalue weighted by molar-refractivity contribution is 0.103. The van der Waals surface area contributed by atoms with Crippen LogP contribution in [-0.2, 0) is 6.61 Å². The fraction of sp³-hybridized carbons (Fsp3) is 0.190. The van der Waals surface area contributed by atoms with Gasteiger partial charge < -0.3 is 10.1 Å². The molecule has 2 aromatic carbocycles. The molecule has 134 valence electrons. The monoisotopic (exact) mass is 385 g/mol. The SMILES string of the molecule is Cc1cc(Cl)ccc1OCc1csc(C(=O)Nc2c(C)cccc2C)c1. The molecule has 3 rings (SSSR count). The van der Waals surface area contributed by atoms with Gasteiger partial charge >= 0.3 is 0 Å². The van der Waals surface area contributed by atoms with Crippen molar-refractivity contribution in [2.24, 2.45) is 0 Å². The summed E-state index contributed by atoms with van der Waals surface area (Å²) in [5, 5.41) is 5.65. The Hall–Kier alpha value is -2.30. The van der Waals surface area contributed by atoms with Crippen LogP contribution in [0.2, 0.25) is 5.02 Å². The lowest BCUT2D eigenvalue weighted by atomic mass is 10.1. The van der Waals surface area contributed by atoms with Crippen LogP contribution < -0.4 is 10.1 Å². The second-order valence-corrected chi connectivity index (χ2v) is 7.59. The van der Waals surface area contributed by atoms with Gasteiger partial charge in [0.15, 0.2) is 0 Å². The molecule has 0 bridgehead atoms. The number of para-hydroxylation sites is 1. The number of carbonyl (C=O) groups is 1. The van der Waals surface area contributed by atoms with Gasteiger partial charge in [-0.15, -0.1) is 11.3 Å². The number of halogens is 1. The topological polar surface area (TPSA) is 38.3 Å². The second-order valence-electron chi connectivity index (χ2n) is 6.24. The summed E-state index contributed by atoms with van der Waals surface area (Å²) < 4.78 is 5.84. The number of hydrogen-bond donors (Lipinski definition) is 1. The molecule has 1 aromatic heterocycles. The molecule has 0 spiro atoms. The Balaban J connectivity index is 1.66. The minimum absolute atomic E-state index is 0.0960. The number of anilines is 1. The van der Waals surface area contributed by atoms with Crippen molar-refractivity contribution in [2.45, 2.75) is 27.4 Å². The summed E-state index contributed by atoms with van der Waals surface area (Å²) in [6.07, 6.45) is 0. The third-order valence-electron chi connectivity index (χ3n) is 4.13. The molecule has 1 N–H and O–H groups in total. The predicted octanol–water partition coefficient (Wildman–Crippen LogP) is 6.16. The number of nitrogens with one attached hydrogen (secondary N) is 1. The third-order valence-corrected chi connectivity index (χ3v) is 5.34. The van der Waals surface area contributed by atoms with E-state index in [0.29, 0.717) is 16.5 Å². The molecular formula is C21H20ClNO2S. The van der Waals surface area contributed by atoms with Gasteiger partial charge in [-0.2, -0.15) is 0 Å². The van der Waals surface area contributed by atoms with E-state index in [2.05, 4.69) is 5.32 Å². The first-order chi connectivity index (χ1) is 12.4.